The van der Waals surface area contributed by atoms with Crippen molar-refractivity contribution in [2.45, 2.75) is 20.5 Å². The lowest BCUT2D eigenvalue weighted by atomic mass is 10.1. The van der Waals surface area contributed by atoms with Crippen molar-refractivity contribution in [2.75, 3.05) is 0 Å². The van der Waals surface area contributed by atoms with Crippen LogP contribution in [0.5, 0.6) is 5.88 Å². The molecule has 0 spiro atoms. The van der Waals surface area contributed by atoms with Crippen LogP contribution < -0.4 is 10.4 Å². The van der Waals surface area contributed by atoms with Gasteiger partial charge in [0.1, 0.15) is 6.61 Å². The molecule has 0 radical (unpaired) electrons. The van der Waals surface area contributed by atoms with E-state index >= 15 is 0 Å². The van der Waals surface area contributed by atoms with Crippen molar-refractivity contribution < 1.29 is 4.74 Å². The van der Waals surface area contributed by atoms with E-state index in [-0.39, 0.29) is 12.3 Å². The van der Waals surface area contributed by atoms with Crippen LogP contribution in [-0.4, -0.2) is 39.5 Å². The van der Waals surface area contributed by atoms with Gasteiger partial charge in [0.2, 0.25) is 5.88 Å². The minimum Gasteiger partial charge on any atom is -0.472 e. The number of hydrogen-bond acceptors (Lipinski definition) is 7. The molecule has 0 aliphatic carbocycles. The lowest BCUT2D eigenvalue weighted by Crippen LogP contribution is -2.23. The van der Waals surface area contributed by atoms with Gasteiger partial charge in [-0.1, -0.05) is 12.1 Å². The molecule has 0 aliphatic rings. The van der Waals surface area contributed by atoms with E-state index < -0.39 is 0 Å². The minimum atomic E-state index is -0.325. The maximum atomic E-state index is 12.2. The van der Waals surface area contributed by atoms with Crippen molar-refractivity contribution in [3.05, 3.63) is 70.2 Å². The summed E-state index contributed by atoms with van der Waals surface area (Å²) in [7, 11) is 1.55. The number of benzene rings is 1. The van der Waals surface area contributed by atoms with Crippen LogP contribution in [0.25, 0.3) is 11.5 Å². The average Bonchev–Trinajstić information content (AvgIpc) is 3.29. The predicted molar refractivity (Wildman–Crippen MR) is 99.6 cm³/mol. The maximum Gasteiger partial charge on any atom is 0.368 e. The normalized spacial score (nSPS) is 11.0. The third-order valence-corrected chi connectivity index (χ3v) is 4.27. The van der Waals surface area contributed by atoms with Gasteiger partial charge in [0.05, 0.1) is 23.8 Å². The van der Waals surface area contributed by atoms with Gasteiger partial charge in [-0.3, -0.25) is 4.98 Å². The Hall–Kier alpha value is -3.82. The van der Waals surface area contributed by atoms with Gasteiger partial charge >= 0.3 is 5.69 Å². The molecule has 0 N–H and O–H groups in total. The monoisotopic (exact) mass is 378 g/mol. The molecule has 3 heterocycles. The number of tetrazole rings is 1. The van der Waals surface area contributed by atoms with E-state index in [0.717, 1.165) is 16.8 Å². The molecule has 1 aromatic carbocycles. The zero-order valence-electron chi connectivity index (χ0n) is 15.6. The smallest absolute Gasteiger partial charge is 0.368 e. The van der Waals surface area contributed by atoms with Gasteiger partial charge in [0.15, 0.2) is 5.82 Å². The minimum absolute atomic E-state index is 0.224. The molecule has 4 rings (SSSR count). The van der Waals surface area contributed by atoms with Crippen molar-refractivity contribution in [2.24, 2.45) is 7.05 Å². The molecule has 0 atom stereocenters. The molecule has 28 heavy (non-hydrogen) atoms. The number of hydrogen-bond donors (Lipinski definition) is 0. The first kappa shape index (κ1) is 17.6. The second kappa shape index (κ2) is 7.06. The fourth-order valence-corrected chi connectivity index (χ4v) is 2.70. The van der Waals surface area contributed by atoms with E-state index in [9.17, 15) is 4.79 Å². The van der Waals surface area contributed by atoms with Crippen LogP contribution >= 0.6 is 0 Å². The van der Waals surface area contributed by atoms with Gasteiger partial charge in [0.25, 0.3) is 0 Å². The van der Waals surface area contributed by atoms with Crippen molar-refractivity contribution in [3.8, 4) is 17.4 Å². The third kappa shape index (κ3) is 3.27. The Labute approximate surface area is 160 Å². The Morgan fingerprint density at radius 1 is 1.07 bits per heavy atom. The Balaban J connectivity index is 1.58. The Bertz CT molecular complexity index is 1170. The van der Waals surface area contributed by atoms with Crippen LogP contribution in [0.3, 0.4) is 0 Å². The van der Waals surface area contributed by atoms with Gasteiger partial charge in [-0.15, -0.1) is 5.10 Å². The van der Waals surface area contributed by atoms with Crippen LogP contribution in [0.1, 0.15) is 16.8 Å². The molecule has 0 amide bonds. The Kier molecular flexibility index (Phi) is 4.44. The lowest BCUT2D eigenvalue weighted by Gasteiger charge is -2.11. The fourth-order valence-electron chi connectivity index (χ4n) is 2.70. The highest BCUT2D eigenvalue weighted by Gasteiger charge is 2.14. The molecule has 3 aromatic heterocycles. The standard InChI is InChI=1S/C18H18N8O2/c1-12-5-4-6-15(26-18(27)24(3)22-23-26)14(12)11-28-17-7-8-25(21-17)16-10-19-13(2)9-20-16/h4-10H,11H2,1-3H3. The summed E-state index contributed by atoms with van der Waals surface area (Å²) in [4.78, 5) is 20.7. The van der Waals surface area contributed by atoms with Crippen molar-refractivity contribution in [1.29, 1.82) is 0 Å². The first-order valence-corrected chi connectivity index (χ1v) is 8.58. The van der Waals surface area contributed by atoms with Gasteiger partial charge in [-0.2, -0.15) is 9.36 Å². The quantitative estimate of drug-likeness (QED) is 0.513. The van der Waals surface area contributed by atoms with Crippen LogP contribution in [0.4, 0.5) is 0 Å². The van der Waals surface area contributed by atoms with E-state index in [4.69, 9.17) is 4.74 Å². The first-order chi connectivity index (χ1) is 13.5. The molecule has 0 saturated carbocycles. The molecular formula is C18H18N8O2. The average molecular weight is 378 g/mol. The summed E-state index contributed by atoms with van der Waals surface area (Å²) in [6.07, 6.45) is 5.07. The summed E-state index contributed by atoms with van der Waals surface area (Å²) in [5.74, 6) is 1.03. The van der Waals surface area contributed by atoms with Crippen molar-refractivity contribution in [1.82, 2.24) is 39.5 Å². The highest BCUT2D eigenvalue weighted by atomic mass is 16.5. The van der Waals surface area contributed by atoms with Gasteiger partial charge in [-0.25, -0.2) is 14.5 Å². The van der Waals surface area contributed by atoms with Gasteiger partial charge in [-0.05, 0) is 35.9 Å². The summed E-state index contributed by atoms with van der Waals surface area (Å²) < 4.78 is 9.88. The van der Waals surface area contributed by atoms with Crippen LogP contribution in [0.15, 0.2) is 47.7 Å². The van der Waals surface area contributed by atoms with Gasteiger partial charge in [0, 0.05) is 24.9 Å². The number of ether oxygens (including phenoxy) is 1. The van der Waals surface area contributed by atoms with Gasteiger partial charge < -0.3 is 4.74 Å². The Morgan fingerprint density at radius 2 is 1.93 bits per heavy atom. The molecule has 142 valence electrons. The van der Waals surface area contributed by atoms with E-state index in [1.165, 1.54) is 9.36 Å². The molecular weight excluding hydrogens is 360 g/mol. The summed E-state index contributed by atoms with van der Waals surface area (Å²) in [5.41, 5.74) is 2.93. The highest BCUT2D eigenvalue weighted by Crippen LogP contribution is 2.19. The lowest BCUT2D eigenvalue weighted by molar-refractivity contribution is 0.290. The topological polar surface area (TPSA) is 106 Å². The van der Waals surface area contributed by atoms with E-state index in [1.807, 2.05) is 32.0 Å². The summed E-state index contributed by atoms with van der Waals surface area (Å²) in [6, 6.07) is 7.36. The molecule has 0 fully saturated rings. The predicted octanol–water partition coefficient (Wildman–Crippen LogP) is 1.14. The molecule has 0 unspecified atom stereocenters. The summed E-state index contributed by atoms with van der Waals surface area (Å²) >= 11 is 0. The van der Waals surface area contributed by atoms with Crippen LogP contribution in [0, 0.1) is 13.8 Å². The zero-order valence-corrected chi connectivity index (χ0v) is 15.6. The van der Waals surface area contributed by atoms with Crippen LogP contribution in [0.2, 0.25) is 0 Å². The second-order valence-corrected chi connectivity index (χ2v) is 6.27. The SMILES string of the molecule is Cc1cnc(-n2ccc(OCc3c(C)cccc3-n3nnn(C)c3=O)n2)cn1. The third-order valence-electron chi connectivity index (χ3n) is 4.27. The molecule has 4 aromatic rings. The first-order valence-electron chi connectivity index (χ1n) is 8.58. The number of rotatable bonds is 5. The molecule has 0 aliphatic heterocycles. The molecule has 0 bridgehead atoms. The Morgan fingerprint density at radius 3 is 2.64 bits per heavy atom. The van der Waals surface area contributed by atoms with E-state index in [2.05, 4.69) is 25.5 Å². The van der Waals surface area contributed by atoms with Crippen LogP contribution in [-0.2, 0) is 13.7 Å². The van der Waals surface area contributed by atoms with Crippen molar-refractivity contribution >= 4 is 0 Å². The zero-order chi connectivity index (χ0) is 19.7. The summed E-state index contributed by atoms with van der Waals surface area (Å²) in [5, 5.41) is 12.1. The molecule has 10 heteroatoms. The summed E-state index contributed by atoms with van der Waals surface area (Å²) in [6.45, 7) is 4.04. The largest absolute Gasteiger partial charge is 0.472 e. The molecule has 0 saturated heterocycles. The maximum absolute atomic E-state index is 12.2. The second-order valence-electron chi connectivity index (χ2n) is 6.27. The van der Waals surface area contributed by atoms with E-state index in [0.29, 0.717) is 17.4 Å². The number of nitrogens with zero attached hydrogens (tertiary/aromatic N) is 8. The highest BCUT2D eigenvalue weighted by molar-refractivity contribution is 5.44. The number of aromatic nitrogens is 8. The van der Waals surface area contributed by atoms with Crippen molar-refractivity contribution in [3.63, 3.8) is 0 Å². The fraction of sp³-hybridized carbons (Fsp3) is 0.222. The molecule has 10 nitrogen and oxygen atoms in total. The van der Waals surface area contributed by atoms with E-state index in [1.54, 1.807) is 36.4 Å². The number of aryl methyl sites for hydroxylation is 3.